The summed E-state index contributed by atoms with van der Waals surface area (Å²) >= 11 is 0. The minimum atomic E-state index is -1.11. The van der Waals surface area contributed by atoms with Crippen molar-refractivity contribution in [3.05, 3.63) is 58.4 Å². The molecule has 8 heteroatoms. The molecule has 2 aromatic carbocycles. The van der Waals surface area contributed by atoms with Crippen LogP contribution in [0, 0.1) is 0 Å². The number of carbonyl (C=O) groups excluding carboxylic acids is 2. The zero-order valence-corrected chi connectivity index (χ0v) is 17.2. The zero-order chi connectivity index (χ0) is 22.3. The number of carbonyl (C=O) groups is 3. The summed E-state index contributed by atoms with van der Waals surface area (Å²) in [5, 5.41) is 8.84. The lowest BCUT2D eigenvalue weighted by atomic mass is 9.84. The molecule has 0 unspecified atom stereocenters. The predicted molar refractivity (Wildman–Crippen MR) is 108 cm³/mol. The fourth-order valence-electron chi connectivity index (χ4n) is 3.77. The molecule has 1 N–H and O–H groups in total. The number of methoxy groups -OCH3 is 1. The molecule has 2 aliphatic rings. The van der Waals surface area contributed by atoms with E-state index in [0.29, 0.717) is 33.9 Å². The molecule has 2 aromatic rings. The molecule has 160 valence electrons. The van der Waals surface area contributed by atoms with E-state index in [4.69, 9.17) is 24.1 Å². The Hall–Kier alpha value is -3.81. The van der Waals surface area contributed by atoms with Crippen LogP contribution < -0.4 is 18.9 Å². The third kappa shape index (κ3) is 3.61. The number of carboxylic acid groups (broad SMARTS) is 1. The van der Waals surface area contributed by atoms with Gasteiger partial charge in [0.1, 0.15) is 11.5 Å². The summed E-state index contributed by atoms with van der Waals surface area (Å²) in [7, 11) is 1.44. The highest BCUT2D eigenvalue weighted by Gasteiger charge is 2.39. The number of allylic oxidation sites excluding steroid dienone is 2. The first-order chi connectivity index (χ1) is 14.8. The van der Waals surface area contributed by atoms with Crippen molar-refractivity contribution in [1.82, 2.24) is 0 Å². The lowest BCUT2D eigenvalue weighted by Crippen LogP contribution is -2.21. The Bertz CT molecular complexity index is 1140. The molecule has 2 heterocycles. The Morgan fingerprint density at radius 3 is 2.58 bits per heavy atom. The summed E-state index contributed by atoms with van der Waals surface area (Å²) in [6.07, 6.45) is 0.0453. The predicted octanol–water partition coefficient (Wildman–Crippen LogP) is 3.47. The van der Waals surface area contributed by atoms with Crippen LogP contribution in [0.1, 0.15) is 47.7 Å². The first-order valence-electron chi connectivity index (χ1n) is 9.60. The molecule has 4 rings (SSSR count). The van der Waals surface area contributed by atoms with Gasteiger partial charge in [0.05, 0.1) is 19.1 Å². The average Bonchev–Trinajstić information content (AvgIpc) is 3.08. The smallest absolute Gasteiger partial charge is 0.341 e. The van der Waals surface area contributed by atoms with Crippen LogP contribution in [0.2, 0.25) is 0 Å². The number of rotatable bonds is 5. The maximum absolute atomic E-state index is 12.7. The first-order valence-corrected chi connectivity index (χ1v) is 9.60. The van der Waals surface area contributed by atoms with Crippen molar-refractivity contribution in [2.75, 3.05) is 13.7 Å². The van der Waals surface area contributed by atoms with Crippen molar-refractivity contribution in [2.24, 2.45) is 0 Å². The number of Topliss-reactive ketones (excluding diaryl/α,β-unsaturated/α-hetero) is 1. The molecular weight excluding hydrogens is 404 g/mol. The van der Waals surface area contributed by atoms with Gasteiger partial charge in [-0.05, 0) is 49.2 Å². The van der Waals surface area contributed by atoms with E-state index >= 15 is 0 Å². The van der Waals surface area contributed by atoms with Gasteiger partial charge < -0.3 is 24.1 Å². The van der Waals surface area contributed by atoms with E-state index in [1.54, 1.807) is 44.2 Å². The zero-order valence-electron chi connectivity index (χ0n) is 17.2. The Balaban J connectivity index is 1.81. The fraction of sp³-hybridized carbons (Fsp3) is 0.261. The van der Waals surface area contributed by atoms with E-state index in [0.717, 1.165) is 5.57 Å². The van der Waals surface area contributed by atoms with Crippen molar-refractivity contribution < 1.29 is 38.4 Å². The lowest BCUT2D eigenvalue weighted by Gasteiger charge is -2.26. The van der Waals surface area contributed by atoms with Crippen LogP contribution in [-0.4, -0.2) is 36.5 Å². The number of carboxylic acids is 1. The summed E-state index contributed by atoms with van der Waals surface area (Å²) in [6.45, 7) is 3.08. The van der Waals surface area contributed by atoms with Gasteiger partial charge >= 0.3 is 11.9 Å². The molecular formula is C23H20O8. The Morgan fingerprint density at radius 2 is 1.90 bits per heavy atom. The van der Waals surface area contributed by atoms with Gasteiger partial charge in [-0.25, -0.2) is 4.79 Å². The summed E-state index contributed by atoms with van der Waals surface area (Å²) in [5.74, 6) is -0.570. The van der Waals surface area contributed by atoms with Crippen LogP contribution in [0.3, 0.4) is 0 Å². The van der Waals surface area contributed by atoms with Crippen LogP contribution >= 0.6 is 0 Å². The van der Waals surface area contributed by atoms with Gasteiger partial charge in [-0.1, -0.05) is 6.07 Å². The maximum Gasteiger partial charge on any atom is 0.341 e. The van der Waals surface area contributed by atoms with Crippen LogP contribution in [0.5, 0.6) is 23.0 Å². The third-order valence-electron chi connectivity index (χ3n) is 5.15. The molecule has 0 radical (unpaired) electrons. The molecule has 0 amide bonds. The lowest BCUT2D eigenvalue weighted by molar-refractivity contribution is -0.139. The van der Waals surface area contributed by atoms with Crippen LogP contribution in [-0.2, 0) is 9.59 Å². The minimum absolute atomic E-state index is 0.0453. The summed E-state index contributed by atoms with van der Waals surface area (Å²) in [4.78, 5) is 35.8. The Labute approximate surface area is 178 Å². The van der Waals surface area contributed by atoms with Gasteiger partial charge in [0.2, 0.25) is 5.78 Å². The molecule has 0 fully saturated rings. The number of esters is 1. The first kappa shape index (κ1) is 20.5. The second-order valence-corrected chi connectivity index (χ2v) is 7.44. The van der Waals surface area contributed by atoms with Crippen molar-refractivity contribution in [3.63, 3.8) is 0 Å². The van der Waals surface area contributed by atoms with E-state index in [-0.39, 0.29) is 23.7 Å². The normalized spacial score (nSPS) is 16.7. The Morgan fingerprint density at radius 1 is 1.13 bits per heavy atom. The van der Waals surface area contributed by atoms with E-state index in [1.807, 2.05) is 0 Å². The SMILES string of the molecule is COc1cc([C@@H]2CC(=O)Oc3ccc4c(c32)OC(=C(C)C)C4=O)ccc1OCC(=O)O. The highest BCUT2D eigenvalue weighted by Crippen LogP contribution is 2.49. The van der Waals surface area contributed by atoms with E-state index < -0.39 is 24.5 Å². The summed E-state index contributed by atoms with van der Waals surface area (Å²) in [5.41, 5.74) is 2.50. The molecule has 0 spiro atoms. The van der Waals surface area contributed by atoms with E-state index in [9.17, 15) is 14.4 Å². The average molecular weight is 424 g/mol. The summed E-state index contributed by atoms with van der Waals surface area (Å²) in [6, 6.07) is 8.21. The van der Waals surface area contributed by atoms with Gasteiger partial charge in [-0.15, -0.1) is 0 Å². The quantitative estimate of drug-likeness (QED) is 0.442. The number of ether oxygens (including phenoxy) is 4. The van der Waals surface area contributed by atoms with Gasteiger partial charge in [-0.2, -0.15) is 0 Å². The molecule has 0 bridgehead atoms. The highest BCUT2D eigenvalue weighted by atomic mass is 16.5. The van der Waals surface area contributed by atoms with Gasteiger partial charge in [0, 0.05) is 11.5 Å². The molecule has 8 nitrogen and oxygen atoms in total. The van der Waals surface area contributed by atoms with E-state index in [1.165, 1.54) is 7.11 Å². The second kappa shape index (κ2) is 7.79. The van der Waals surface area contributed by atoms with Gasteiger partial charge in [-0.3, -0.25) is 9.59 Å². The molecule has 0 aliphatic carbocycles. The number of ketones is 1. The molecule has 0 saturated heterocycles. The van der Waals surface area contributed by atoms with Gasteiger partial charge in [0.25, 0.3) is 0 Å². The van der Waals surface area contributed by atoms with Crippen LogP contribution in [0.4, 0.5) is 0 Å². The number of fused-ring (bicyclic) bond motifs is 3. The Kier molecular flexibility index (Phi) is 5.14. The second-order valence-electron chi connectivity index (χ2n) is 7.44. The number of aliphatic carboxylic acids is 1. The third-order valence-corrected chi connectivity index (χ3v) is 5.15. The maximum atomic E-state index is 12.7. The van der Waals surface area contributed by atoms with Crippen LogP contribution in [0.15, 0.2) is 41.7 Å². The number of hydrogen-bond acceptors (Lipinski definition) is 7. The number of hydrogen-bond donors (Lipinski definition) is 1. The van der Waals surface area contributed by atoms with Crippen molar-refractivity contribution >= 4 is 17.7 Å². The van der Waals surface area contributed by atoms with Crippen molar-refractivity contribution in [1.29, 1.82) is 0 Å². The monoisotopic (exact) mass is 424 g/mol. The van der Waals surface area contributed by atoms with Crippen LogP contribution in [0.25, 0.3) is 0 Å². The largest absolute Gasteiger partial charge is 0.493 e. The number of benzene rings is 2. The molecule has 31 heavy (non-hydrogen) atoms. The fourth-order valence-corrected chi connectivity index (χ4v) is 3.77. The summed E-state index contributed by atoms with van der Waals surface area (Å²) < 4.78 is 22.0. The van der Waals surface area contributed by atoms with Crippen molar-refractivity contribution in [3.8, 4) is 23.0 Å². The molecule has 0 saturated carbocycles. The van der Waals surface area contributed by atoms with Crippen molar-refractivity contribution in [2.45, 2.75) is 26.2 Å². The molecule has 0 aromatic heterocycles. The van der Waals surface area contributed by atoms with Gasteiger partial charge in [0.15, 0.2) is 23.9 Å². The highest BCUT2D eigenvalue weighted by molar-refractivity contribution is 6.13. The van der Waals surface area contributed by atoms with E-state index in [2.05, 4.69) is 0 Å². The topological polar surface area (TPSA) is 108 Å². The molecule has 2 aliphatic heterocycles. The molecule has 1 atom stereocenters. The minimum Gasteiger partial charge on any atom is -0.493 e. The standard InChI is InChI=1S/C23H20O8/c1-11(2)22-21(27)13-5-7-16-20(23(13)31-22)14(9-19(26)30-16)12-4-6-15(17(8-12)28-3)29-10-18(24)25/h4-8,14H,9-10H2,1-3H3,(H,24,25)/t14-/m0/s1.